The molecule has 0 radical (unpaired) electrons. The van der Waals surface area contributed by atoms with Gasteiger partial charge < -0.3 is 19.5 Å². The third-order valence-electron chi connectivity index (χ3n) is 4.37. The van der Waals surface area contributed by atoms with Gasteiger partial charge in [-0.2, -0.15) is 0 Å². The second-order valence-electron chi connectivity index (χ2n) is 6.12. The van der Waals surface area contributed by atoms with E-state index in [9.17, 15) is 4.79 Å². The van der Waals surface area contributed by atoms with Crippen LogP contribution in [0.1, 0.15) is 29.3 Å². The minimum absolute atomic E-state index is 0.0960. The first-order valence-corrected chi connectivity index (χ1v) is 8.38. The summed E-state index contributed by atoms with van der Waals surface area (Å²) in [6.07, 6.45) is 0.909. The summed E-state index contributed by atoms with van der Waals surface area (Å²) in [6, 6.07) is 3.60. The lowest BCUT2D eigenvalue weighted by molar-refractivity contribution is 0.0363. The van der Waals surface area contributed by atoms with Crippen LogP contribution < -0.4 is 14.8 Å². The highest BCUT2D eigenvalue weighted by atomic mass is 16.5. The van der Waals surface area contributed by atoms with Gasteiger partial charge in [0.2, 0.25) is 0 Å². The highest BCUT2D eigenvalue weighted by Crippen LogP contribution is 2.29. The van der Waals surface area contributed by atoms with E-state index >= 15 is 0 Å². The predicted molar refractivity (Wildman–Crippen MR) is 93.1 cm³/mol. The first-order chi connectivity index (χ1) is 11.5. The molecule has 0 bridgehead atoms. The number of nitrogens with one attached hydrogen (secondary N) is 1. The lowest BCUT2D eigenvalue weighted by Crippen LogP contribution is -2.40. The van der Waals surface area contributed by atoms with Crippen molar-refractivity contribution < 1.29 is 19.0 Å². The Morgan fingerprint density at radius 2 is 1.83 bits per heavy atom. The van der Waals surface area contributed by atoms with E-state index < -0.39 is 0 Å². The van der Waals surface area contributed by atoms with Gasteiger partial charge >= 0.3 is 0 Å². The summed E-state index contributed by atoms with van der Waals surface area (Å²) in [6.45, 7) is 8.42. The van der Waals surface area contributed by atoms with Crippen LogP contribution >= 0.6 is 0 Å². The third-order valence-corrected chi connectivity index (χ3v) is 4.37. The van der Waals surface area contributed by atoms with Gasteiger partial charge in [-0.05, 0) is 32.4 Å². The van der Waals surface area contributed by atoms with Gasteiger partial charge in [-0.25, -0.2) is 0 Å². The quantitative estimate of drug-likeness (QED) is 0.823. The lowest BCUT2D eigenvalue weighted by atomic mass is 10.1. The highest BCUT2D eigenvalue weighted by molar-refractivity contribution is 5.95. The van der Waals surface area contributed by atoms with E-state index in [0.717, 1.165) is 44.8 Å². The van der Waals surface area contributed by atoms with Gasteiger partial charge in [0.05, 0.1) is 27.4 Å². The molecule has 1 amide bonds. The van der Waals surface area contributed by atoms with Crippen molar-refractivity contribution in [3.8, 4) is 11.5 Å². The molecule has 1 saturated heterocycles. The number of benzene rings is 1. The van der Waals surface area contributed by atoms with E-state index in [1.54, 1.807) is 26.4 Å². The zero-order chi connectivity index (χ0) is 17.5. The molecule has 134 valence electrons. The summed E-state index contributed by atoms with van der Waals surface area (Å²) in [5.74, 6) is 1.20. The number of carbonyl (C=O) groups is 1. The third kappa shape index (κ3) is 4.85. The van der Waals surface area contributed by atoms with Crippen LogP contribution in [0, 0.1) is 6.92 Å². The Hall–Kier alpha value is -1.79. The monoisotopic (exact) mass is 336 g/mol. The Balaban J connectivity index is 1.93. The largest absolute Gasteiger partial charge is 0.496 e. The van der Waals surface area contributed by atoms with Gasteiger partial charge in [0.15, 0.2) is 0 Å². The molecule has 0 unspecified atom stereocenters. The van der Waals surface area contributed by atoms with Crippen molar-refractivity contribution in [3.63, 3.8) is 0 Å². The standard InChI is InChI=1S/C18H28N2O4/c1-13(5-6-20-7-9-24-10-8-20)19-18(21)15-11-16(22-3)14(2)17(12-15)23-4/h11-13H,5-10H2,1-4H3,(H,19,21)/t13-/m0/s1. The van der Waals surface area contributed by atoms with Crippen LogP contribution in [0.2, 0.25) is 0 Å². The van der Waals surface area contributed by atoms with Gasteiger partial charge in [0.1, 0.15) is 11.5 Å². The van der Waals surface area contributed by atoms with Crippen molar-refractivity contribution in [2.45, 2.75) is 26.3 Å². The Bertz CT molecular complexity index is 531. The number of amides is 1. The number of rotatable bonds is 7. The Morgan fingerprint density at radius 3 is 2.38 bits per heavy atom. The number of hydrogen-bond acceptors (Lipinski definition) is 5. The Morgan fingerprint density at radius 1 is 1.25 bits per heavy atom. The van der Waals surface area contributed by atoms with Gasteiger partial charge in [0, 0.05) is 36.8 Å². The summed E-state index contributed by atoms with van der Waals surface area (Å²) < 4.78 is 16.0. The van der Waals surface area contributed by atoms with E-state index in [1.165, 1.54) is 0 Å². The van der Waals surface area contributed by atoms with Gasteiger partial charge in [-0.3, -0.25) is 9.69 Å². The molecule has 1 aliphatic heterocycles. The van der Waals surface area contributed by atoms with Crippen LogP contribution in [0.5, 0.6) is 11.5 Å². The molecule has 0 aromatic heterocycles. The maximum Gasteiger partial charge on any atom is 0.251 e. The predicted octanol–water partition coefficient (Wildman–Crippen LogP) is 1.85. The number of ether oxygens (including phenoxy) is 3. The van der Waals surface area contributed by atoms with E-state index in [-0.39, 0.29) is 11.9 Å². The summed E-state index contributed by atoms with van der Waals surface area (Å²) in [5, 5.41) is 3.05. The van der Waals surface area contributed by atoms with Crippen molar-refractivity contribution in [2.75, 3.05) is 47.1 Å². The molecule has 2 rings (SSSR count). The second kappa shape index (κ2) is 8.89. The van der Waals surface area contributed by atoms with E-state index in [0.29, 0.717) is 17.1 Å². The van der Waals surface area contributed by atoms with Crippen molar-refractivity contribution >= 4 is 5.91 Å². The first kappa shape index (κ1) is 18.5. The molecule has 1 atom stereocenters. The van der Waals surface area contributed by atoms with E-state index in [1.807, 2.05) is 13.8 Å². The molecule has 1 fully saturated rings. The molecule has 6 nitrogen and oxygen atoms in total. The smallest absolute Gasteiger partial charge is 0.251 e. The fraction of sp³-hybridized carbons (Fsp3) is 0.611. The minimum Gasteiger partial charge on any atom is -0.496 e. The van der Waals surface area contributed by atoms with Crippen molar-refractivity contribution in [2.24, 2.45) is 0 Å². The maximum absolute atomic E-state index is 12.5. The Labute approximate surface area is 144 Å². The molecule has 0 saturated carbocycles. The molecular weight excluding hydrogens is 308 g/mol. The van der Waals surface area contributed by atoms with Crippen LogP contribution in [-0.2, 0) is 4.74 Å². The molecular formula is C18H28N2O4. The Kier molecular flexibility index (Phi) is 6.87. The lowest BCUT2D eigenvalue weighted by Gasteiger charge is -2.27. The van der Waals surface area contributed by atoms with Crippen LogP contribution in [0.4, 0.5) is 0 Å². The number of carbonyl (C=O) groups excluding carboxylic acids is 1. The zero-order valence-corrected chi connectivity index (χ0v) is 15.1. The van der Waals surface area contributed by atoms with Gasteiger partial charge in [-0.1, -0.05) is 0 Å². The first-order valence-electron chi connectivity index (χ1n) is 8.38. The highest BCUT2D eigenvalue weighted by Gasteiger charge is 2.16. The van der Waals surface area contributed by atoms with E-state index in [2.05, 4.69) is 10.2 Å². The molecule has 0 spiro atoms. The average molecular weight is 336 g/mol. The van der Waals surface area contributed by atoms with Crippen LogP contribution in [0.15, 0.2) is 12.1 Å². The fourth-order valence-electron chi connectivity index (χ4n) is 2.80. The zero-order valence-electron chi connectivity index (χ0n) is 15.1. The van der Waals surface area contributed by atoms with Gasteiger partial charge in [0.25, 0.3) is 5.91 Å². The summed E-state index contributed by atoms with van der Waals surface area (Å²) in [7, 11) is 3.18. The number of methoxy groups -OCH3 is 2. The van der Waals surface area contributed by atoms with Crippen molar-refractivity contribution in [3.05, 3.63) is 23.3 Å². The second-order valence-corrected chi connectivity index (χ2v) is 6.12. The van der Waals surface area contributed by atoms with Crippen LogP contribution in [0.3, 0.4) is 0 Å². The summed E-state index contributed by atoms with van der Waals surface area (Å²) >= 11 is 0. The topological polar surface area (TPSA) is 60.0 Å². The molecule has 1 heterocycles. The van der Waals surface area contributed by atoms with Crippen LogP contribution in [-0.4, -0.2) is 63.9 Å². The molecule has 1 aromatic rings. The number of morpholine rings is 1. The van der Waals surface area contributed by atoms with Crippen LogP contribution in [0.25, 0.3) is 0 Å². The van der Waals surface area contributed by atoms with Gasteiger partial charge in [-0.15, -0.1) is 0 Å². The average Bonchev–Trinajstić information content (AvgIpc) is 2.61. The van der Waals surface area contributed by atoms with Crippen molar-refractivity contribution in [1.29, 1.82) is 0 Å². The number of nitrogens with zero attached hydrogens (tertiary/aromatic N) is 1. The SMILES string of the molecule is COc1cc(C(=O)N[C@@H](C)CCN2CCOCC2)cc(OC)c1C. The normalized spacial score (nSPS) is 16.5. The fourth-order valence-corrected chi connectivity index (χ4v) is 2.80. The molecule has 24 heavy (non-hydrogen) atoms. The molecule has 0 aliphatic carbocycles. The molecule has 6 heteroatoms. The maximum atomic E-state index is 12.5. The molecule has 1 N–H and O–H groups in total. The minimum atomic E-state index is -0.110. The summed E-state index contributed by atoms with van der Waals surface area (Å²) in [5.41, 5.74) is 1.43. The van der Waals surface area contributed by atoms with E-state index in [4.69, 9.17) is 14.2 Å². The summed E-state index contributed by atoms with van der Waals surface area (Å²) in [4.78, 5) is 14.9. The number of hydrogen-bond donors (Lipinski definition) is 1. The van der Waals surface area contributed by atoms with Crippen molar-refractivity contribution in [1.82, 2.24) is 10.2 Å². The molecule has 1 aliphatic rings. The molecule has 1 aromatic carbocycles.